The van der Waals surface area contributed by atoms with E-state index in [1.165, 1.54) is 19.2 Å². The van der Waals surface area contributed by atoms with Crippen LogP contribution in [0.15, 0.2) is 84.0 Å². The van der Waals surface area contributed by atoms with Crippen molar-refractivity contribution in [2.45, 2.75) is 44.2 Å². The Balaban J connectivity index is 1.62. The van der Waals surface area contributed by atoms with Crippen LogP contribution in [0, 0.1) is 0 Å². The SMILES string of the molecule is COc1ncccc1Nc1cc2nc3ccccc3n(-c3ccccc3OC(F)(F)F)c-2cc1=NC1CCC(O)CC1. The van der Waals surface area contributed by atoms with Gasteiger partial charge in [0.1, 0.15) is 5.69 Å². The van der Waals surface area contributed by atoms with Crippen molar-refractivity contribution in [2.24, 2.45) is 4.99 Å². The zero-order chi connectivity index (χ0) is 29.3. The van der Waals surface area contributed by atoms with Crippen molar-refractivity contribution >= 4 is 22.4 Å². The predicted molar refractivity (Wildman–Crippen MR) is 152 cm³/mol. The molecule has 2 heterocycles. The molecule has 0 atom stereocenters. The van der Waals surface area contributed by atoms with Crippen LogP contribution in [0.3, 0.4) is 0 Å². The average molecular weight is 576 g/mol. The summed E-state index contributed by atoms with van der Waals surface area (Å²) in [5.74, 6) is 0.0544. The molecule has 1 aliphatic heterocycles. The predicted octanol–water partition coefficient (Wildman–Crippen LogP) is 6.38. The first-order valence-corrected chi connectivity index (χ1v) is 13.6. The standard InChI is InChI=1S/C31H28F3N5O3/c1-41-30-22(8-6-16-35-30)38-23-17-25-28(18-24(23)36-19-12-14-20(40)15-13-19)39(26-9-3-2-7-21(26)37-25)27-10-4-5-11-29(27)42-31(32,33)34/h2-11,16-20,38,40H,12-15H2,1H3. The van der Waals surface area contributed by atoms with Crippen LogP contribution in [0.1, 0.15) is 25.7 Å². The van der Waals surface area contributed by atoms with Gasteiger partial charge in [0.15, 0.2) is 5.75 Å². The van der Waals surface area contributed by atoms with Gasteiger partial charge >= 0.3 is 6.36 Å². The molecule has 1 saturated carbocycles. The number of aliphatic hydroxyl groups is 1. The molecule has 3 aromatic rings. The van der Waals surface area contributed by atoms with E-state index in [1.807, 2.05) is 30.3 Å². The molecular formula is C31H28F3N5O3. The van der Waals surface area contributed by atoms with Crippen LogP contribution in [0.25, 0.3) is 28.1 Å². The number of para-hydroxylation sites is 4. The number of hydrogen-bond acceptors (Lipinski definition) is 7. The molecule has 0 amide bonds. The number of aliphatic hydroxyl groups excluding tert-OH is 1. The van der Waals surface area contributed by atoms with Gasteiger partial charge in [-0.2, -0.15) is 0 Å². The Labute approximate surface area is 239 Å². The number of halogens is 3. The molecule has 6 rings (SSSR count). The average Bonchev–Trinajstić information content (AvgIpc) is 2.97. The van der Waals surface area contributed by atoms with Crippen molar-refractivity contribution in [1.29, 1.82) is 0 Å². The van der Waals surface area contributed by atoms with Gasteiger partial charge in [-0.15, -0.1) is 13.2 Å². The lowest BCUT2D eigenvalue weighted by Crippen LogP contribution is -2.24. The molecule has 0 spiro atoms. The second kappa shape index (κ2) is 11.3. The minimum absolute atomic E-state index is 0.0371. The highest BCUT2D eigenvalue weighted by Crippen LogP contribution is 2.36. The summed E-state index contributed by atoms with van der Waals surface area (Å²) in [4.78, 5) is 14.2. The lowest BCUT2D eigenvalue weighted by molar-refractivity contribution is -0.274. The van der Waals surface area contributed by atoms with E-state index in [2.05, 4.69) is 15.0 Å². The van der Waals surface area contributed by atoms with E-state index in [4.69, 9.17) is 14.7 Å². The number of pyridine rings is 1. The monoisotopic (exact) mass is 575 g/mol. The Morgan fingerprint density at radius 1 is 0.952 bits per heavy atom. The summed E-state index contributed by atoms with van der Waals surface area (Å²) in [6.07, 6.45) is -0.861. The van der Waals surface area contributed by atoms with E-state index in [-0.39, 0.29) is 23.6 Å². The van der Waals surface area contributed by atoms with Crippen molar-refractivity contribution in [3.05, 3.63) is 84.4 Å². The van der Waals surface area contributed by atoms with Crippen molar-refractivity contribution in [3.63, 3.8) is 0 Å². The number of nitrogens with zero attached hydrogens (tertiary/aromatic N) is 4. The third-order valence-corrected chi connectivity index (χ3v) is 7.25. The molecule has 8 nitrogen and oxygen atoms in total. The maximum atomic E-state index is 13.4. The first kappa shape index (κ1) is 27.5. The van der Waals surface area contributed by atoms with Gasteiger partial charge in [0.25, 0.3) is 0 Å². The molecule has 3 aliphatic rings. The summed E-state index contributed by atoms with van der Waals surface area (Å²) in [5.41, 5.74) is 3.72. The number of anilines is 2. The summed E-state index contributed by atoms with van der Waals surface area (Å²) in [6.45, 7) is 0. The van der Waals surface area contributed by atoms with Gasteiger partial charge in [-0.3, -0.25) is 4.99 Å². The number of methoxy groups -OCH3 is 1. The van der Waals surface area contributed by atoms with Gasteiger partial charge in [0.2, 0.25) is 5.88 Å². The molecule has 1 fully saturated rings. The van der Waals surface area contributed by atoms with Crippen LogP contribution < -0.4 is 20.1 Å². The molecule has 2 aliphatic carbocycles. The number of nitrogens with one attached hydrogen (secondary N) is 1. The first-order chi connectivity index (χ1) is 20.3. The molecule has 11 heteroatoms. The van der Waals surface area contributed by atoms with Gasteiger partial charge in [0.05, 0.1) is 58.4 Å². The fourth-order valence-electron chi connectivity index (χ4n) is 5.34. The fourth-order valence-corrected chi connectivity index (χ4v) is 5.34. The van der Waals surface area contributed by atoms with Crippen molar-refractivity contribution in [2.75, 3.05) is 12.4 Å². The van der Waals surface area contributed by atoms with E-state index in [0.29, 0.717) is 70.7 Å². The fraction of sp³-hybridized carbons (Fsp3) is 0.258. The number of alkyl halides is 3. The first-order valence-electron chi connectivity index (χ1n) is 13.6. The summed E-state index contributed by atoms with van der Waals surface area (Å²) in [7, 11) is 1.53. The van der Waals surface area contributed by atoms with Crippen LogP contribution in [0.5, 0.6) is 11.6 Å². The van der Waals surface area contributed by atoms with Gasteiger partial charge < -0.3 is 24.5 Å². The molecule has 42 heavy (non-hydrogen) atoms. The zero-order valence-corrected chi connectivity index (χ0v) is 22.7. The summed E-state index contributed by atoms with van der Waals surface area (Å²) in [6, 6.07) is 20.5. The second-order valence-corrected chi connectivity index (χ2v) is 10.1. The van der Waals surface area contributed by atoms with E-state index < -0.39 is 6.36 Å². The smallest absolute Gasteiger partial charge is 0.480 e. The van der Waals surface area contributed by atoms with Gasteiger partial charge in [0, 0.05) is 6.20 Å². The van der Waals surface area contributed by atoms with Crippen LogP contribution in [-0.2, 0) is 0 Å². The molecule has 2 N–H and O–H groups in total. The molecule has 0 unspecified atom stereocenters. The van der Waals surface area contributed by atoms with Crippen LogP contribution in [0.2, 0.25) is 0 Å². The Bertz CT molecular complexity index is 1760. The van der Waals surface area contributed by atoms with E-state index in [9.17, 15) is 18.3 Å². The van der Waals surface area contributed by atoms with Crippen LogP contribution in [-0.4, -0.2) is 45.3 Å². The molecule has 0 bridgehead atoms. The van der Waals surface area contributed by atoms with Crippen molar-refractivity contribution in [3.8, 4) is 28.7 Å². The second-order valence-electron chi connectivity index (χ2n) is 10.1. The van der Waals surface area contributed by atoms with Crippen molar-refractivity contribution in [1.82, 2.24) is 14.5 Å². The Morgan fingerprint density at radius 2 is 1.71 bits per heavy atom. The highest BCUT2D eigenvalue weighted by Gasteiger charge is 2.33. The molecule has 2 aromatic carbocycles. The van der Waals surface area contributed by atoms with Crippen LogP contribution in [0.4, 0.5) is 24.5 Å². The number of fused-ring (bicyclic) bond motifs is 2. The topological polar surface area (TPSA) is 93.8 Å². The van der Waals surface area contributed by atoms with Gasteiger partial charge in [-0.1, -0.05) is 24.3 Å². The minimum atomic E-state index is -4.87. The summed E-state index contributed by atoms with van der Waals surface area (Å²) >= 11 is 0. The zero-order valence-electron chi connectivity index (χ0n) is 22.7. The van der Waals surface area contributed by atoms with E-state index in [0.717, 1.165) is 0 Å². The van der Waals surface area contributed by atoms with Gasteiger partial charge in [-0.25, -0.2) is 9.97 Å². The maximum Gasteiger partial charge on any atom is 0.573 e. The van der Waals surface area contributed by atoms with E-state index in [1.54, 1.807) is 41.1 Å². The lowest BCUT2D eigenvalue weighted by Gasteiger charge is -2.24. The number of hydrogen-bond donors (Lipinski definition) is 2. The maximum absolute atomic E-state index is 13.4. The Hall–Kier alpha value is -4.64. The van der Waals surface area contributed by atoms with Crippen molar-refractivity contribution < 1.29 is 27.8 Å². The highest BCUT2D eigenvalue weighted by molar-refractivity contribution is 5.85. The molecule has 1 aromatic heterocycles. The lowest BCUT2D eigenvalue weighted by atomic mass is 9.93. The largest absolute Gasteiger partial charge is 0.573 e. The molecular weight excluding hydrogens is 547 g/mol. The molecule has 0 saturated heterocycles. The third kappa shape index (κ3) is 5.73. The molecule has 216 valence electrons. The summed E-state index contributed by atoms with van der Waals surface area (Å²) < 4.78 is 51.9. The summed E-state index contributed by atoms with van der Waals surface area (Å²) in [5, 5.41) is 14.0. The quantitative estimate of drug-likeness (QED) is 0.228. The number of ether oxygens (including phenoxy) is 2. The molecule has 0 radical (unpaired) electrons. The number of benzene rings is 3. The van der Waals surface area contributed by atoms with Gasteiger partial charge in [-0.05, 0) is 74.2 Å². The Kier molecular flexibility index (Phi) is 7.42. The van der Waals surface area contributed by atoms with E-state index >= 15 is 0 Å². The Morgan fingerprint density at radius 3 is 2.50 bits per heavy atom. The highest BCUT2D eigenvalue weighted by atomic mass is 19.4. The normalized spacial score (nSPS) is 17.9. The third-order valence-electron chi connectivity index (χ3n) is 7.25. The number of rotatable bonds is 6. The van der Waals surface area contributed by atoms with Crippen LogP contribution >= 0.6 is 0 Å². The minimum Gasteiger partial charge on any atom is -0.480 e. The number of aromatic nitrogens is 3.